The summed E-state index contributed by atoms with van der Waals surface area (Å²) in [6.45, 7) is 0. The maximum absolute atomic E-state index is 3.56. The largest absolute Gasteiger partial charge is 0.354 e. The normalized spacial score (nSPS) is 11.6. The first-order chi connectivity index (χ1) is 8.83. The molecule has 0 radical (unpaired) electrons. The highest BCUT2D eigenvalue weighted by molar-refractivity contribution is 9.10. The van der Waals surface area contributed by atoms with Crippen LogP contribution in [-0.2, 0) is 0 Å². The molecule has 1 heterocycles. The summed E-state index contributed by atoms with van der Waals surface area (Å²) in [6.07, 6.45) is 0. The Morgan fingerprint density at radius 2 is 1.61 bits per heavy atom. The number of aromatic amines is 1. The summed E-state index contributed by atoms with van der Waals surface area (Å²) < 4.78 is 1.12. The molecular formula is C16H10BrN. The van der Waals surface area contributed by atoms with Gasteiger partial charge in [0.05, 0.1) is 0 Å². The lowest BCUT2D eigenvalue weighted by Crippen LogP contribution is -1.75. The molecule has 0 bridgehead atoms. The number of rotatable bonds is 0. The van der Waals surface area contributed by atoms with Crippen LogP contribution in [0.15, 0.2) is 59.1 Å². The van der Waals surface area contributed by atoms with E-state index in [4.69, 9.17) is 0 Å². The van der Waals surface area contributed by atoms with Crippen molar-refractivity contribution in [1.82, 2.24) is 4.98 Å². The van der Waals surface area contributed by atoms with E-state index in [0.29, 0.717) is 0 Å². The zero-order valence-electron chi connectivity index (χ0n) is 9.57. The molecule has 4 aromatic rings. The molecule has 1 N–H and O–H groups in total. The highest BCUT2D eigenvalue weighted by atomic mass is 79.9. The lowest BCUT2D eigenvalue weighted by molar-refractivity contribution is 1.55. The van der Waals surface area contributed by atoms with Gasteiger partial charge in [0.15, 0.2) is 0 Å². The summed E-state index contributed by atoms with van der Waals surface area (Å²) in [7, 11) is 0. The molecule has 0 atom stereocenters. The summed E-state index contributed by atoms with van der Waals surface area (Å²) in [5, 5.41) is 5.16. The predicted molar refractivity (Wildman–Crippen MR) is 81.0 cm³/mol. The Bertz CT molecular complexity index is 889. The van der Waals surface area contributed by atoms with Crippen molar-refractivity contribution in [1.29, 1.82) is 0 Å². The van der Waals surface area contributed by atoms with Crippen molar-refractivity contribution in [3.05, 3.63) is 59.1 Å². The zero-order chi connectivity index (χ0) is 12.1. The van der Waals surface area contributed by atoms with E-state index in [0.717, 1.165) is 4.47 Å². The lowest BCUT2D eigenvalue weighted by atomic mass is 10.0. The summed E-state index contributed by atoms with van der Waals surface area (Å²) in [5.74, 6) is 0. The van der Waals surface area contributed by atoms with Crippen LogP contribution in [0.5, 0.6) is 0 Å². The van der Waals surface area contributed by atoms with Crippen molar-refractivity contribution in [3.8, 4) is 0 Å². The van der Waals surface area contributed by atoms with Crippen molar-refractivity contribution >= 4 is 48.5 Å². The molecule has 0 spiro atoms. The van der Waals surface area contributed by atoms with Crippen molar-refractivity contribution in [2.24, 2.45) is 0 Å². The standard InChI is InChI=1S/C16H10BrN/c17-11-7-5-10-6-8-15-16(13(10)9-11)12-3-1-2-4-14(12)18-15/h1-9,18H. The van der Waals surface area contributed by atoms with E-state index in [1.54, 1.807) is 0 Å². The van der Waals surface area contributed by atoms with Crippen LogP contribution in [0.1, 0.15) is 0 Å². The quantitative estimate of drug-likeness (QED) is 0.457. The Labute approximate surface area is 113 Å². The van der Waals surface area contributed by atoms with Crippen LogP contribution in [0.25, 0.3) is 32.6 Å². The predicted octanol–water partition coefficient (Wildman–Crippen LogP) is 5.24. The van der Waals surface area contributed by atoms with Gasteiger partial charge in [-0.2, -0.15) is 0 Å². The molecule has 0 aliphatic heterocycles. The van der Waals surface area contributed by atoms with E-state index < -0.39 is 0 Å². The number of para-hydroxylation sites is 1. The van der Waals surface area contributed by atoms with Crippen LogP contribution in [0.3, 0.4) is 0 Å². The van der Waals surface area contributed by atoms with Crippen molar-refractivity contribution in [2.75, 3.05) is 0 Å². The summed E-state index contributed by atoms with van der Waals surface area (Å²) in [6, 6.07) is 19.2. The topological polar surface area (TPSA) is 15.8 Å². The Balaban J connectivity index is 2.35. The van der Waals surface area contributed by atoms with Gasteiger partial charge in [0.1, 0.15) is 0 Å². The van der Waals surface area contributed by atoms with Gasteiger partial charge in [-0.3, -0.25) is 0 Å². The highest BCUT2D eigenvalue weighted by Crippen LogP contribution is 2.33. The number of nitrogens with one attached hydrogen (secondary N) is 1. The smallest absolute Gasteiger partial charge is 0.0471 e. The number of hydrogen-bond acceptors (Lipinski definition) is 0. The second kappa shape index (κ2) is 3.59. The number of halogens is 1. The van der Waals surface area contributed by atoms with Crippen LogP contribution in [-0.4, -0.2) is 4.98 Å². The molecule has 0 amide bonds. The van der Waals surface area contributed by atoms with Gasteiger partial charge >= 0.3 is 0 Å². The van der Waals surface area contributed by atoms with Gasteiger partial charge in [0, 0.05) is 26.3 Å². The van der Waals surface area contributed by atoms with Gasteiger partial charge in [-0.05, 0) is 35.0 Å². The third-order valence-electron chi connectivity index (χ3n) is 3.45. The van der Waals surface area contributed by atoms with E-state index in [2.05, 4.69) is 75.5 Å². The molecular weight excluding hydrogens is 286 g/mol. The Morgan fingerprint density at radius 1 is 0.778 bits per heavy atom. The van der Waals surface area contributed by atoms with E-state index in [-0.39, 0.29) is 0 Å². The van der Waals surface area contributed by atoms with Gasteiger partial charge in [-0.25, -0.2) is 0 Å². The molecule has 86 valence electrons. The first kappa shape index (κ1) is 10.2. The summed E-state index contributed by atoms with van der Waals surface area (Å²) >= 11 is 3.56. The molecule has 4 rings (SSSR count). The van der Waals surface area contributed by atoms with Crippen LogP contribution >= 0.6 is 15.9 Å². The van der Waals surface area contributed by atoms with Crippen molar-refractivity contribution in [3.63, 3.8) is 0 Å². The third-order valence-corrected chi connectivity index (χ3v) is 3.94. The van der Waals surface area contributed by atoms with Crippen molar-refractivity contribution < 1.29 is 0 Å². The first-order valence-corrected chi connectivity index (χ1v) is 6.71. The average molecular weight is 296 g/mol. The molecule has 0 saturated heterocycles. The van der Waals surface area contributed by atoms with Crippen molar-refractivity contribution in [2.45, 2.75) is 0 Å². The molecule has 18 heavy (non-hydrogen) atoms. The SMILES string of the molecule is Brc1ccc2ccc3[nH]c4ccccc4c3c2c1. The Hall–Kier alpha value is -1.80. The second-order valence-electron chi connectivity index (χ2n) is 4.52. The summed E-state index contributed by atoms with van der Waals surface area (Å²) in [5.41, 5.74) is 2.39. The third kappa shape index (κ3) is 1.33. The van der Waals surface area contributed by atoms with Gasteiger partial charge in [-0.1, -0.05) is 46.3 Å². The number of hydrogen-bond donors (Lipinski definition) is 1. The lowest BCUT2D eigenvalue weighted by Gasteiger charge is -2.01. The minimum absolute atomic E-state index is 1.12. The van der Waals surface area contributed by atoms with Crippen LogP contribution in [0.4, 0.5) is 0 Å². The monoisotopic (exact) mass is 295 g/mol. The molecule has 0 fully saturated rings. The van der Waals surface area contributed by atoms with Gasteiger partial charge in [-0.15, -0.1) is 0 Å². The summed E-state index contributed by atoms with van der Waals surface area (Å²) in [4.78, 5) is 3.47. The van der Waals surface area contributed by atoms with Gasteiger partial charge in [0.2, 0.25) is 0 Å². The average Bonchev–Trinajstić information content (AvgIpc) is 2.77. The van der Waals surface area contributed by atoms with E-state index >= 15 is 0 Å². The number of benzene rings is 3. The molecule has 1 aromatic heterocycles. The zero-order valence-corrected chi connectivity index (χ0v) is 11.2. The van der Waals surface area contributed by atoms with Crippen LogP contribution in [0, 0.1) is 0 Å². The maximum atomic E-state index is 3.56. The fourth-order valence-corrected chi connectivity index (χ4v) is 3.00. The van der Waals surface area contributed by atoms with Gasteiger partial charge in [0.25, 0.3) is 0 Å². The number of aromatic nitrogens is 1. The molecule has 0 aliphatic rings. The molecule has 2 heteroatoms. The second-order valence-corrected chi connectivity index (χ2v) is 5.44. The Kier molecular flexibility index (Phi) is 2.03. The number of H-pyrrole nitrogens is 1. The fourth-order valence-electron chi connectivity index (χ4n) is 2.64. The minimum Gasteiger partial charge on any atom is -0.354 e. The molecule has 3 aromatic carbocycles. The molecule has 0 unspecified atom stereocenters. The highest BCUT2D eigenvalue weighted by Gasteiger charge is 2.07. The van der Waals surface area contributed by atoms with Crippen LogP contribution in [0.2, 0.25) is 0 Å². The number of fused-ring (bicyclic) bond motifs is 5. The van der Waals surface area contributed by atoms with Crippen LogP contribution < -0.4 is 0 Å². The fraction of sp³-hybridized carbons (Fsp3) is 0. The molecule has 1 nitrogen and oxygen atoms in total. The molecule has 0 saturated carbocycles. The molecule has 0 aliphatic carbocycles. The van der Waals surface area contributed by atoms with Gasteiger partial charge < -0.3 is 4.98 Å². The van der Waals surface area contributed by atoms with E-state index in [1.807, 2.05) is 0 Å². The Morgan fingerprint density at radius 3 is 2.56 bits per heavy atom. The first-order valence-electron chi connectivity index (χ1n) is 5.92. The maximum Gasteiger partial charge on any atom is 0.0471 e. The van der Waals surface area contributed by atoms with E-state index in [1.165, 1.54) is 32.6 Å². The van der Waals surface area contributed by atoms with E-state index in [9.17, 15) is 0 Å². The minimum atomic E-state index is 1.12.